The van der Waals surface area contributed by atoms with Crippen molar-refractivity contribution in [2.75, 3.05) is 21.3 Å². The zero-order valence-corrected chi connectivity index (χ0v) is 15.6. The third kappa shape index (κ3) is 2.96. The van der Waals surface area contributed by atoms with E-state index in [0.29, 0.717) is 34.1 Å². The number of hydrogen-bond donors (Lipinski definition) is 1. The standard InChI is InChI=1S/C21H18N2O5/c1-25-17-8-13(9-18(26-2)21(17)27-3)16-10-15-20(28-16)14(6-7-22-15)12-4-5-19(24)23-11-12/h4-11H,1-3H3,(H,23,24). The van der Waals surface area contributed by atoms with E-state index in [9.17, 15) is 4.79 Å². The van der Waals surface area contributed by atoms with Crippen LogP contribution in [0.4, 0.5) is 0 Å². The van der Waals surface area contributed by atoms with Gasteiger partial charge in [-0.15, -0.1) is 0 Å². The fourth-order valence-corrected chi connectivity index (χ4v) is 3.11. The van der Waals surface area contributed by atoms with Crippen LogP contribution in [0.1, 0.15) is 0 Å². The van der Waals surface area contributed by atoms with Gasteiger partial charge in [-0.05, 0) is 24.3 Å². The number of methoxy groups -OCH3 is 3. The molecule has 0 bridgehead atoms. The number of rotatable bonds is 5. The molecule has 0 spiro atoms. The van der Waals surface area contributed by atoms with Crippen LogP contribution in [0.2, 0.25) is 0 Å². The maximum atomic E-state index is 11.4. The topological polar surface area (TPSA) is 86.6 Å². The summed E-state index contributed by atoms with van der Waals surface area (Å²) in [6.45, 7) is 0. The highest BCUT2D eigenvalue weighted by atomic mass is 16.5. The minimum absolute atomic E-state index is 0.161. The minimum Gasteiger partial charge on any atom is -0.493 e. The summed E-state index contributed by atoms with van der Waals surface area (Å²) >= 11 is 0. The normalized spacial score (nSPS) is 10.8. The Morgan fingerprint density at radius 1 is 0.929 bits per heavy atom. The Bertz CT molecular complexity index is 1160. The lowest BCUT2D eigenvalue weighted by Gasteiger charge is -2.13. The third-order valence-electron chi connectivity index (χ3n) is 4.46. The van der Waals surface area contributed by atoms with Crippen molar-refractivity contribution in [3.05, 3.63) is 59.1 Å². The first kappa shape index (κ1) is 17.7. The highest BCUT2D eigenvalue weighted by molar-refractivity contribution is 5.92. The lowest BCUT2D eigenvalue weighted by atomic mass is 10.1. The highest BCUT2D eigenvalue weighted by Gasteiger charge is 2.18. The van der Waals surface area contributed by atoms with E-state index >= 15 is 0 Å². The zero-order valence-electron chi connectivity index (χ0n) is 15.6. The van der Waals surface area contributed by atoms with Crippen molar-refractivity contribution in [2.45, 2.75) is 0 Å². The summed E-state index contributed by atoms with van der Waals surface area (Å²) in [4.78, 5) is 18.4. The van der Waals surface area contributed by atoms with Crippen LogP contribution in [-0.4, -0.2) is 31.3 Å². The molecule has 0 aliphatic heterocycles. The number of nitrogens with one attached hydrogen (secondary N) is 1. The summed E-state index contributed by atoms with van der Waals surface area (Å²) in [6, 6.07) is 10.6. The summed E-state index contributed by atoms with van der Waals surface area (Å²) in [7, 11) is 4.69. The highest BCUT2D eigenvalue weighted by Crippen LogP contribution is 2.42. The molecule has 0 atom stereocenters. The van der Waals surface area contributed by atoms with E-state index in [2.05, 4.69) is 9.97 Å². The SMILES string of the molecule is COc1cc(-c2cc3nccc(-c4ccc(=O)[nH]c4)c3o2)cc(OC)c1OC. The Morgan fingerprint density at radius 2 is 1.68 bits per heavy atom. The number of H-pyrrole nitrogens is 1. The summed E-state index contributed by atoms with van der Waals surface area (Å²) < 4.78 is 22.4. The molecule has 3 heterocycles. The molecule has 0 saturated carbocycles. The average molecular weight is 378 g/mol. The average Bonchev–Trinajstić information content (AvgIpc) is 3.17. The number of aromatic nitrogens is 2. The molecule has 1 aromatic carbocycles. The first-order valence-electron chi connectivity index (χ1n) is 8.52. The molecule has 0 radical (unpaired) electrons. The Morgan fingerprint density at radius 3 is 2.29 bits per heavy atom. The van der Waals surface area contributed by atoms with E-state index in [1.54, 1.807) is 39.8 Å². The van der Waals surface area contributed by atoms with Crippen molar-refractivity contribution < 1.29 is 18.6 Å². The number of hydrogen-bond acceptors (Lipinski definition) is 6. The predicted molar refractivity (Wildman–Crippen MR) is 105 cm³/mol. The fraction of sp³-hybridized carbons (Fsp3) is 0.143. The number of pyridine rings is 2. The van der Waals surface area contributed by atoms with E-state index in [1.807, 2.05) is 24.3 Å². The molecule has 4 rings (SSSR count). The molecule has 0 saturated heterocycles. The van der Waals surface area contributed by atoms with Gasteiger partial charge in [0.05, 0.1) is 21.3 Å². The van der Waals surface area contributed by atoms with Gasteiger partial charge in [0.25, 0.3) is 0 Å². The van der Waals surface area contributed by atoms with Gasteiger partial charge in [-0.25, -0.2) is 0 Å². The van der Waals surface area contributed by atoms with Gasteiger partial charge in [-0.1, -0.05) is 0 Å². The molecule has 142 valence electrons. The van der Waals surface area contributed by atoms with Crippen LogP contribution < -0.4 is 19.8 Å². The lowest BCUT2D eigenvalue weighted by Crippen LogP contribution is -2.01. The fourth-order valence-electron chi connectivity index (χ4n) is 3.11. The largest absolute Gasteiger partial charge is 0.493 e. The van der Waals surface area contributed by atoms with Gasteiger partial charge in [0.1, 0.15) is 11.3 Å². The molecule has 0 aliphatic rings. The van der Waals surface area contributed by atoms with E-state index in [0.717, 1.165) is 16.7 Å². The van der Waals surface area contributed by atoms with Crippen LogP contribution in [0.5, 0.6) is 17.2 Å². The lowest BCUT2D eigenvalue weighted by molar-refractivity contribution is 0.324. The molecule has 4 aromatic rings. The number of ether oxygens (including phenoxy) is 3. The van der Waals surface area contributed by atoms with Crippen LogP contribution in [0, 0.1) is 0 Å². The maximum absolute atomic E-state index is 11.4. The van der Waals surface area contributed by atoms with Crippen molar-refractivity contribution in [1.29, 1.82) is 0 Å². The molecule has 7 heteroatoms. The Labute approximate surface area is 160 Å². The van der Waals surface area contributed by atoms with Crippen molar-refractivity contribution in [1.82, 2.24) is 9.97 Å². The second-order valence-electron chi connectivity index (χ2n) is 6.04. The zero-order chi connectivity index (χ0) is 19.7. The van der Waals surface area contributed by atoms with Crippen LogP contribution in [-0.2, 0) is 0 Å². The van der Waals surface area contributed by atoms with Crippen molar-refractivity contribution >= 4 is 11.1 Å². The number of furan rings is 1. The number of fused-ring (bicyclic) bond motifs is 1. The Kier molecular flexibility index (Phi) is 4.49. The molecule has 3 aromatic heterocycles. The third-order valence-corrected chi connectivity index (χ3v) is 4.46. The van der Waals surface area contributed by atoms with E-state index in [1.165, 1.54) is 6.07 Å². The van der Waals surface area contributed by atoms with Crippen LogP contribution in [0.15, 0.2) is 58.0 Å². The first-order valence-corrected chi connectivity index (χ1v) is 8.52. The van der Waals surface area contributed by atoms with Gasteiger partial charge in [0, 0.05) is 41.2 Å². The monoisotopic (exact) mass is 378 g/mol. The summed E-state index contributed by atoms with van der Waals surface area (Å²) in [6.07, 6.45) is 3.36. The summed E-state index contributed by atoms with van der Waals surface area (Å²) in [5.41, 5.74) is 3.59. The minimum atomic E-state index is -0.161. The molecule has 1 N–H and O–H groups in total. The number of aromatic amines is 1. The first-order chi connectivity index (χ1) is 13.6. The maximum Gasteiger partial charge on any atom is 0.247 e. The predicted octanol–water partition coefficient (Wildman–Crippen LogP) is 3.88. The molecule has 0 aliphatic carbocycles. The molecule has 0 unspecified atom stereocenters. The van der Waals surface area contributed by atoms with Gasteiger partial charge in [-0.3, -0.25) is 9.78 Å². The van der Waals surface area contributed by atoms with Crippen LogP contribution in [0.25, 0.3) is 33.6 Å². The van der Waals surface area contributed by atoms with Crippen LogP contribution in [0.3, 0.4) is 0 Å². The van der Waals surface area contributed by atoms with E-state index < -0.39 is 0 Å². The second-order valence-corrected chi connectivity index (χ2v) is 6.04. The van der Waals surface area contributed by atoms with Gasteiger partial charge in [0.2, 0.25) is 11.3 Å². The van der Waals surface area contributed by atoms with Crippen molar-refractivity contribution in [3.63, 3.8) is 0 Å². The van der Waals surface area contributed by atoms with E-state index in [4.69, 9.17) is 18.6 Å². The smallest absolute Gasteiger partial charge is 0.247 e. The van der Waals surface area contributed by atoms with Crippen LogP contribution >= 0.6 is 0 Å². The second kappa shape index (κ2) is 7.11. The van der Waals surface area contributed by atoms with E-state index in [-0.39, 0.29) is 5.56 Å². The molecular formula is C21H18N2O5. The van der Waals surface area contributed by atoms with Gasteiger partial charge in [-0.2, -0.15) is 0 Å². The summed E-state index contributed by atoms with van der Waals surface area (Å²) in [5, 5.41) is 0. The summed E-state index contributed by atoms with van der Waals surface area (Å²) in [5.74, 6) is 2.19. The van der Waals surface area contributed by atoms with Crippen molar-refractivity contribution in [2.24, 2.45) is 0 Å². The molecular weight excluding hydrogens is 360 g/mol. The number of benzene rings is 1. The molecule has 0 fully saturated rings. The van der Waals surface area contributed by atoms with Gasteiger partial charge >= 0.3 is 0 Å². The molecule has 28 heavy (non-hydrogen) atoms. The molecule has 0 amide bonds. The Hall–Kier alpha value is -3.74. The van der Waals surface area contributed by atoms with Gasteiger partial charge in [0.15, 0.2) is 17.1 Å². The molecule has 7 nitrogen and oxygen atoms in total. The van der Waals surface area contributed by atoms with Crippen molar-refractivity contribution in [3.8, 4) is 39.7 Å². The Balaban J connectivity index is 1.88. The van der Waals surface area contributed by atoms with Gasteiger partial charge < -0.3 is 23.6 Å². The number of nitrogens with zero attached hydrogens (tertiary/aromatic N) is 1. The quantitative estimate of drug-likeness (QED) is 0.567.